The van der Waals surface area contributed by atoms with E-state index in [4.69, 9.17) is 16.4 Å². The standard InChI is InChI=1S/C21H14ClFN2O3/c22-16-9-3-2-8-15(16)20-21(26)25(19-12-6-5-11-18(19)24(20)27)28-13-14-7-1-4-10-17(14)23/h1-12H,13H2. The molecule has 0 fully saturated rings. The molecule has 0 bridgehead atoms. The van der Waals surface area contributed by atoms with Crippen LogP contribution in [0.4, 0.5) is 4.39 Å². The van der Waals surface area contributed by atoms with Crippen LogP contribution in [0.2, 0.25) is 5.02 Å². The van der Waals surface area contributed by atoms with Crippen LogP contribution in [0.5, 0.6) is 0 Å². The minimum absolute atomic E-state index is 0.169. The third kappa shape index (κ3) is 3.08. The van der Waals surface area contributed by atoms with Gasteiger partial charge in [0.2, 0.25) is 5.52 Å². The summed E-state index contributed by atoms with van der Waals surface area (Å²) in [5.74, 6) is -0.444. The molecule has 1 heterocycles. The highest BCUT2D eigenvalue weighted by Gasteiger charge is 2.25. The summed E-state index contributed by atoms with van der Waals surface area (Å²) in [6.45, 7) is -0.179. The van der Waals surface area contributed by atoms with Gasteiger partial charge in [-0.05, 0) is 24.3 Å². The molecule has 0 amide bonds. The predicted molar refractivity (Wildman–Crippen MR) is 104 cm³/mol. The Morgan fingerprint density at radius 1 is 1.00 bits per heavy atom. The topological polar surface area (TPSA) is 58.2 Å². The second kappa shape index (κ2) is 7.32. The maximum atomic E-state index is 13.9. The molecule has 4 rings (SSSR count). The largest absolute Gasteiger partial charge is 0.618 e. The van der Waals surface area contributed by atoms with E-state index in [0.717, 1.165) is 4.73 Å². The number of para-hydroxylation sites is 2. The molecule has 28 heavy (non-hydrogen) atoms. The second-order valence-electron chi connectivity index (χ2n) is 6.08. The highest BCUT2D eigenvalue weighted by molar-refractivity contribution is 6.33. The molecule has 0 spiro atoms. The third-order valence-electron chi connectivity index (χ3n) is 4.35. The number of rotatable bonds is 4. The number of aromatic nitrogens is 2. The molecule has 0 saturated carbocycles. The fourth-order valence-electron chi connectivity index (χ4n) is 2.98. The highest BCUT2D eigenvalue weighted by Crippen LogP contribution is 2.24. The van der Waals surface area contributed by atoms with Crippen molar-refractivity contribution >= 4 is 22.6 Å². The van der Waals surface area contributed by atoms with Gasteiger partial charge in [0.1, 0.15) is 12.4 Å². The van der Waals surface area contributed by atoms with Crippen molar-refractivity contribution in [2.24, 2.45) is 0 Å². The third-order valence-corrected chi connectivity index (χ3v) is 4.68. The average Bonchev–Trinajstić information content (AvgIpc) is 2.70. The van der Waals surface area contributed by atoms with Gasteiger partial charge in [0.05, 0.1) is 10.6 Å². The zero-order chi connectivity index (χ0) is 19.7. The summed E-state index contributed by atoms with van der Waals surface area (Å²) in [6, 6.07) is 19.2. The van der Waals surface area contributed by atoms with Crippen LogP contribution in [0.1, 0.15) is 5.56 Å². The molecule has 7 heteroatoms. The lowest BCUT2D eigenvalue weighted by molar-refractivity contribution is -0.566. The predicted octanol–water partition coefficient (Wildman–Crippen LogP) is 3.72. The molecule has 0 radical (unpaired) electrons. The van der Waals surface area contributed by atoms with Gasteiger partial charge in [-0.1, -0.05) is 54.1 Å². The maximum absolute atomic E-state index is 13.9. The van der Waals surface area contributed by atoms with Crippen LogP contribution in [-0.4, -0.2) is 4.73 Å². The molecule has 1 aromatic heterocycles. The van der Waals surface area contributed by atoms with Crippen molar-refractivity contribution < 1.29 is 14.0 Å². The molecular formula is C21H14ClFN2O3. The first kappa shape index (κ1) is 18.0. The molecule has 0 saturated heterocycles. The Kier molecular flexibility index (Phi) is 4.71. The van der Waals surface area contributed by atoms with Gasteiger partial charge in [0.15, 0.2) is 5.52 Å². The number of hydrogen-bond acceptors (Lipinski definition) is 3. The molecule has 0 N–H and O–H groups in total. The first-order chi connectivity index (χ1) is 13.6. The normalized spacial score (nSPS) is 10.9. The molecule has 4 aromatic rings. The van der Waals surface area contributed by atoms with Crippen LogP contribution >= 0.6 is 11.6 Å². The number of nitrogens with zero attached hydrogens (tertiary/aromatic N) is 2. The van der Waals surface area contributed by atoms with Crippen molar-refractivity contribution in [2.75, 3.05) is 0 Å². The Morgan fingerprint density at radius 3 is 2.46 bits per heavy atom. The van der Waals surface area contributed by atoms with Crippen LogP contribution in [0.15, 0.2) is 77.6 Å². The maximum Gasteiger partial charge on any atom is 0.357 e. The molecule has 0 aliphatic rings. The summed E-state index contributed by atoms with van der Waals surface area (Å²) in [7, 11) is 0. The van der Waals surface area contributed by atoms with Crippen molar-refractivity contribution in [3.8, 4) is 11.3 Å². The summed E-state index contributed by atoms with van der Waals surface area (Å²) >= 11 is 6.21. The number of hydrogen-bond donors (Lipinski definition) is 0. The van der Waals surface area contributed by atoms with Crippen molar-refractivity contribution in [1.29, 1.82) is 0 Å². The van der Waals surface area contributed by atoms with E-state index in [-0.39, 0.29) is 39.5 Å². The van der Waals surface area contributed by atoms with Gasteiger partial charge in [-0.15, -0.1) is 4.73 Å². The van der Waals surface area contributed by atoms with Gasteiger partial charge in [-0.3, -0.25) is 4.79 Å². The molecular weight excluding hydrogens is 383 g/mol. The number of halogens is 2. The van der Waals surface area contributed by atoms with E-state index in [1.165, 1.54) is 6.07 Å². The molecule has 5 nitrogen and oxygen atoms in total. The highest BCUT2D eigenvalue weighted by atomic mass is 35.5. The van der Waals surface area contributed by atoms with E-state index >= 15 is 0 Å². The van der Waals surface area contributed by atoms with Gasteiger partial charge >= 0.3 is 5.56 Å². The fourth-order valence-corrected chi connectivity index (χ4v) is 3.20. The number of fused-ring (bicyclic) bond motifs is 1. The van der Waals surface area contributed by atoms with E-state index in [2.05, 4.69) is 0 Å². The van der Waals surface area contributed by atoms with E-state index in [0.29, 0.717) is 4.73 Å². The van der Waals surface area contributed by atoms with E-state index in [9.17, 15) is 14.4 Å². The lowest BCUT2D eigenvalue weighted by Gasteiger charge is -2.15. The van der Waals surface area contributed by atoms with Crippen LogP contribution in [0.3, 0.4) is 0 Å². The first-order valence-electron chi connectivity index (χ1n) is 8.47. The molecule has 0 atom stereocenters. The van der Waals surface area contributed by atoms with Gasteiger partial charge < -0.3 is 10.0 Å². The van der Waals surface area contributed by atoms with Crippen LogP contribution in [0.25, 0.3) is 22.3 Å². The Balaban J connectivity index is 1.92. The van der Waals surface area contributed by atoms with Gasteiger partial charge in [0.25, 0.3) is 5.69 Å². The molecule has 3 aromatic carbocycles. The number of benzene rings is 3. The Labute approximate surface area is 164 Å². The second-order valence-corrected chi connectivity index (χ2v) is 6.48. The van der Waals surface area contributed by atoms with E-state index in [1.54, 1.807) is 66.7 Å². The summed E-state index contributed by atoms with van der Waals surface area (Å²) in [4.78, 5) is 18.8. The monoisotopic (exact) mass is 396 g/mol. The molecule has 140 valence electrons. The Morgan fingerprint density at radius 2 is 1.68 bits per heavy atom. The zero-order valence-corrected chi connectivity index (χ0v) is 15.3. The summed E-state index contributed by atoms with van der Waals surface area (Å²) < 4.78 is 15.5. The quantitative estimate of drug-likeness (QED) is 0.390. The summed E-state index contributed by atoms with van der Waals surface area (Å²) in [5, 5.41) is 13.2. The van der Waals surface area contributed by atoms with Crippen molar-refractivity contribution in [2.45, 2.75) is 6.61 Å². The van der Waals surface area contributed by atoms with E-state index < -0.39 is 11.4 Å². The summed E-state index contributed by atoms with van der Waals surface area (Å²) in [5.41, 5.74) is 0.228. The summed E-state index contributed by atoms with van der Waals surface area (Å²) in [6.07, 6.45) is 0. The fraction of sp³-hybridized carbons (Fsp3) is 0.0476. The lowest BCUT2D eigenvalue weighted by Crippen LogP contribution is -2.42. The van der Waals surface area contributed by atoms with Crippen LogP contribution in [-0.2, 0) is 6.61 Å². The lowest BCUT2D eigenvalue weighted by atomic mass is 10.1. The van der Waals surface area contributed by atoms with Crippen molar-refractivity contribution in [3.63, 3.8) is 0 Å². The molecule has 0 aliphatic heterocycles. The average molecular weight is 397 g/mol. The SMILES string of the molecule is O=c1c(-c2ccccc2Cl)[n+]([O-])c2ccccc2n1OCc1ccccc1F. The smallest absolute Gasteiger partial charge is 0.357 e. The van der Waals surface area contributed by atoms with Gasteiger partial charge in [0, 0.05) is 11.6 Å². The van der Waals surface area contributed by atoms with Crippen molar-refractivity contribution in [1.82, 2.24) is 4.73 Å². The first-order valence-corrected chi connectivity index (χ1v) is 8.84. The Bertz CT molecular complexity index is 1240. The van der Waals surface area contributed by atoms with Crippen molar-refractivity contribution in [3.05, 3.63) is 105 Å². The van der Waals surface area contributed by atoms with E-state index in [1.807, 2.05) is 0 Å². The van der Waals surface area contributed by atoms with Gasteiger partial charge in [-0.2, -0.15) is 4.73 Å². The van der Waals surface area contributed by atoms with Crippen LogP contribution in [0, 0.1) is 11.0 Å². The van der Waals surface area contributed by atoms with Crippen LogP contribution < -0.4 is 15.1 Å². The van der Waals surface area contributed by atoms with Gasteiger partial charge in [-0.25, -0.2) is 4.39 Å². The zero-order valence-electron chi connectivity index (χ0n) is 14.5. The Hall–Kier alpha value is -3.38. The molecule has 0 aliphatic carbocycles. The minimum Gasteiger partial charge on any atom is -0.618 e. The molecule has 0 unspecified atom stereocenters. The minimum atomic E-state index is -0.682.